The molecule has 1 atom stereocenters. The number of nitrogens with one attached hydrogen (secondary N) is 1. The van der Waals surface area contributed by atoms with E-state index in [9.17, 15) is 8.42 Å². The zero-order valence-electron chi connectivity index (χ0n) is 17.9. The summed E-state index contributed by atoms with van der Waals surface area (Å²) in [5, 5.41) is 3.74. The third-order valence-electron chi connectivity index (χ3n) is 6.89. The Bertz CT molecular complexity index is 1200. The fourth-order valence-corrected chi connectivity index (χ4v) is 6.17. The molecule has 8 heteroatoms. The highest BCUT2D eigenvalue weighted by Gasteiger charge is 2.41. The van der Waals surface area contributed by atoms with Crippen LogP contribution in [0.25, 0.3) is 10.2 Å². The van der Waals surface area contributed by atoms with Gasteiger partial charge in [0.25, 0.3) is 0 Å². The molecule has 1 N–H and O–H groups in total. The molecule has 164 valence electrons. The molecule has 1 spiro atoms. The second-order valence-electron chi connectivity index (χ2n) is 8.87. The standard InChI is InChI=1S/C23H28N4O2S2/c1-17(18-6-7-22-21(12-18)24-16-30-22)26-10-8-23(9-11-26)14-27(15-25-23)19-4-3-5-20(13-19)31(2,28)29/h3-7,12-13,16-17,25H,8-11,14-15H2,1-2H3/t17-/m1/s1. The van der Waals surface area contributed by atoms with Gasteiger partial charge in [-0.05, 0) is 55.7 Å². The lowest BCUT2D eigenvalue weighted by atomic mass is 9.87. The zero-order valence-corrected chi connectivity index (χ0v) is 19.5. The molecule has 2 aromatic carbocycles. The van der Waals surface area contributed by atoms with E-state index in [1.807, 2.05) is 17.6 Å². The van der Waals surface area contributed by atoms with Crippen LogP contribution < -0.4 is 10.2 Å². The first-order valence-electron chi connectivity index (χ1n) is 10.7. The molecule has 0 unspecified atom stereocenters. The molecule has 0 amide bonds. The molecule has 3 aromatic rings. The number of rotatable bonds is 4. The minimum absolute atomic E-state index is 0.0934. The van der Waals surface area contributed by atoms with Gasteiger partial charge in [0.1, 0.15) is 0 Å². The Hall–Kier alpha value is -2.00. The number of hydrogen-bond donors (Lipinski definition) is 1. The summed E-state index contributed by atoms with van der Waals surface area (Å²) in [4.78, 5) is 9.68. The topological polar surface area (TPSA) is 65.5 Å². The summed E-state index contributed by atoms with van der Waals surface area (Å²) in [6.45, 7) is 6.04. The lowest BCUT2D eigenvalue weighted by Gasteiger charge is -2.42. The van der Waals surface area contributed by atoms with Crippen LogP contribution >= 0.6 is 11.3 Å². The van der Waals surface area contributed by atoms with Crippen LogP contribution in [0.2, 0.25) is 0 Å². The van der Waals surface area contributed by atoms with E-state index in [0.29, 0.717) is 10.9 Å². The van der Waals surface area contributed by atoms with E-state index in [1.54, 1.807) is 23.5 Å². The normalized spacial score (nSPS) is 20.5. The average Bonchev–Trinajstić information content (AvgIpc) is 3.40. The van der Waals surface area contributed by atoms with Crippen molar-refractivity contribution in [2.45, 2.75) is 36.2 Å². The van der Waals surface area contributed by atoms with Crippen LogP contribution in [0.3, 0.4) is 0 Å². The molecule has 0 bridgehead atoms. The lowest BCUT2D eigenvalue weighted by Crippen LogP contribution is -2.52. The van der Waals surface area contributed by atoms with E-state index in [1.165, 1.54) is 16.5 Å². The number of benzene rings is 2. The van der Waals surface area contributed by atoms with Gasteiger partial charge in [0, 0.05) is 43.2 Å². The quantitative estimate of drug-likeness (QED) is 0.646. The fraction of sp³-hybridized carbons (Fsp3) is 0.435. The predicted molar refractivity (Wildman–Crippen MR) is 126 cm³/mol. The van der Waals surface area contributed by atoms with E-state index < -0.39 is 9.84 Å². The van der Waals surface area contributed by atoms with E-state index in [2.05, 4.69) is 45.2 Å². The SMILES string of the molecule is C[C@H](c1ccc2scnc2c1)N1CCC2(CC1)CN(c1cccc(S(C)(=O)=O)c1)CN2. The number of hydrogen-bond acceptors (Lipinski definition) is 7. The second-order valence-corrected chi connectivity index (χ2v) is 11.8. The number of piperidine rings is 1. The van der Waals surface area contributed by atoms with Gasteiger partial charge in [0.15, 0.2) is 9.84 Å². The first-order chi connectivity index (χ1) is 14.8. The van der Waals surface area contributed by atoms with Crippen molar-refractivity contribution in [1.29, 1.82) is 0 Å². The number of thiazole rings is 1. The van der Waals surface area contributed by atoms with Gasteiger partial charge in [-0.3, -0.25) is 10.2 Å². The molecule has 2 fully saturated rings. The third kappa shape index (κ3) is 4.09. The van der Waals surface area contributed by atoms with Crippen LogP contribution in [0.1, 0.15) is 31.4 Å². The van der Waals surface area contributed by atoms with Gasteiger partial charge in [0.05, 0.1) is 27.3 Å². The molecular formula is C23H28N4O2S2. The van der Waals surface area contributed by atoms with Gasteiger partial charge < -0.3 is 4.90 Å². The molecule has 3 heterocycles. The predicted octanol–water partition coefficient (Wildman–Crippen LogP) is 3.66. The highest BCUT2D eigenvalue weighted by Crippen LogP contribution is 2.34. The van der Waals surface area contributed by atoms with Crippen LogP contribution in [0.4, 0.5) is 5.69 Å². The largest absolute Gasteiger partial charge is 0.357 e. The van der Waals surface area contributed by atoms with Crippen LogP contribution in [0.15, 0.2) is 52.9 Å². The summed E-state index contributed by atoms with van der Waals surface area (Å²) in [5.41, 5.74) is 5.39. The number of nitrogens with zero attached hydrogens (tertiary/aromatic N) is 3. The van der Waals surface area contributed by atoms with E-state index >= 15 is 0 Å². The summed E-state index contributed by atoms with van der Waals surface area (Å²) in [5.74, 6) is 0. The minimum atomic E-state index is -3.20. The van der Waals surface area contributed by atoms with E-state index in [0.717, 1.165) is 50.3 Å². The molecule has 5 rings (SSSR count). The Morgan fingerprint density at radius 1 is 1.16 bits per heavy atom. The van der Waals surface area contributed by atoms with Gasteiger partial charge in [-0.1, -0.05) is 12.1 Å². The molecule has 2 saturated heterocycles. The molecule has 31 heavy (non-hydrogen) atoms. The van der Waals surface area contributed by atoms with Crippen molar-refractivity contribution >= 4 is 37.1 Å². The number of anilines is 1. The Morgan fingerprint density at radius 3 is 2.74 bits per heavy atom. The molecule has 6 nitrogen and oxygen atoms in total. The van der Waals surface area contributed by atoms with Gasteiger partial charge >= 0.3 is 0 Å². The number of aromatic nitrogens is 1. The van der Waals surface area contributed by atoms with Crippen LogP contribution in [-0.4, -0.2) is 56.4 Å². The molecule has 1 aromatic heterocycles. The molecular weight excluding hydrogens is 428 g/mol. The maximum atomic E-state index is 11.9. The summed E-state index contributed by atoms with van der Waals surface area (Å²) in [7, 11) is -3.20. The highest BCUT2D eigenvalue weighted by molar-refractivity contribution is 7.90. The summed E-state index contributed by atoms with van der Waals surface area (Å²) >= 11 is 1.69. The fourth-order valence-electron chi connectivity index (χ4n) is 4.85. The zero-order chi connectivity index (χ0) is 21.6. The Morgan fingerprint density at radius 2 is 1.97 bits per heavy atom. The van der Waals surface area contributed by atoms with Gasteiger partial charge in [-0.15, -0.1) is 11.3 Å². The summed E-state index contributed by atoms with van der Waals surface area (Å²) in [6.07, 6.45) is 3.43. The highest BCUT2D eigenvalue weighted by atomic mass is 32.2. The van der Waals surface area contributed by atoms with Crippen molar-refractivity contribution in [3.63, 3.8) is 0 Å². The van der Waals surface area contributed by atoms with Crippen molar-refractivity contribution in [2.75, 3.05) is 37.5 Å². The second kappa shape index (κ2) is 7.85. The maximum absolute atomic E-state index is 11.9. The monoisotopic (exact) mass is 456 g/mol. The lowest BCUT2D eigenvalue weighted by molar-refractivity contribution is 0.120. The Balaban J connectivity index is 1.25. The van der Waals surface area contributed by atoms with Gasteiger partial charge in [-0.25, -0.2) is 13.4 Å². The first-order valence-corrected chi connectivity index (χ1v) is 13.5. The average molecular weight is 457 g/mol. The number of sulfone groups is 1. The molecule has 0 saturated carbocycles. The van der Waals surface area contributed by atoms with Crippen LogP contribution in [0.5, 0.6) is 0 Å². The maximum Gasteiger partial charge on any atom is 0.175 e. The number of fused-ring (bicyclic) bond motifs is 1. The van der Waals surface area contributed by atoms with Crippen molar-refractivity contribution in [3.8, 4) is 0 Å². The van der Waals surface area contributed by atoms with Crippen molar-refractivity contribution < 1.29 is 8.42 Å². The molecule has 0 radical (unpaired) electrons. The summed E-state index contributed by atoms with van der Waals surface area (Å²) < 4.78 is 25.1. The van der Waals surface area contributed by atoms with Crippen LogP contribution in [0, 0.1) is 0 Å². The van der Waals surface area contributed by atoms with Gasteiger partial charge in [0.2, 0.25) is 0 Å². The smallest absolute Gasteiger partial charge is 0.175 e. The molecule has 2 aliphatic rings. The Labute approximate surface area is 187 Å². The van der Waals surface area contributed by atoms with Crippen molar-refractivity contribution in [2.24, 2.45) is 0 Å². The van der Waals surface area contributed by atoms with Gasteiger partial charge in [-0.2, -0.15) is 0 Å². The van der Waals surface area contributed by atoms with Crippen molar-refractivity contribution in [3.05, 3.63) is 53.5 Å². The first kappa shape index (κ1) is 20.9. The van der Waals surface area contributed by atoms with E-state index in [-0.39, 0.29) is 5.54 Å². The Kier molecular flexibility index (Phi) is 5.29. The van der Waals surface area contributed by atoms with E-state index in [4.69, 9.17) is 0 Å². The number of likely N-dealkylation sites (tertiary alicyclic amines) is 1. The van der Waals surface area contributed by atoms with Crippen molar-refractivity contribution in [1.82, 2.24) is 15.2 Å². The minimum Gasteiger partial charge on any atom is -0.357 e. The molecule has 2 aliphatic heterocycles. The third-order valence-corrected chi connectivity index (χ3v) is 8.81. The van der Waals surface area contributed by atoms with Crippen LogP contribution in [-0.2, 0) is 9.84 Å². The summed E-state index contributed by atoms with van der Waals surface area (Å²) in [6, 6.07) is 14.3. The molecule has 0 aliphatic carbocycles.